The molecule has 2 N–H and O–H groups in total. The highest BCUT2D eigenvalue weighted by molar-refractivity contribution is 6.43. The van der Waals surface area contributed by atoms with Crippen LogP contribution in [0.5, 0.6) is 0 Å². The molecule has 0 aliphatic heterocycles. The van der Waals surface area contributed by atoms with Crippen molar-refractivity contribution in [1.29, 1.82) is 0 Å². The summed E-state index contributed by atoms with van der Waals surface area (Å²) in [7, 11) is 0. The highest BCUT2D eigenvalue weighted by Gasteiger charge is 2.28. The molecule has 1 aromatic carbocycles. The maximum atomic E-state index is 6.24. The van der Waals surface area contributed by atoms with Gasteiger partial charge in [-0.3, -0.25) is 0 Å². The summed E-state index contributed by atoms with van der Waals surface area (Å²) in [6, 6.07) is 8.05. The Hall–Kier alpha value is -1.52. The largest absolute Gasteiger partial charge is 0.351 e. The van der Waals surface area contributed by atoms with E-state index in [-0.39, 0.29) is 0 Å². The second kappa shape index (κ2) is 5.60. The summed E-state index contributed by atoms with van der Waals surface area (Å²) in [5, 5.41) is 7.67. The van der Waals surface area contributed by atoms with Crippen molar-refractivity contribution < 1.29 is 0 Å². The summed E-state index contributed by atoms with van der Waals surface area (Å²) in [4.78, 5) is 9.19. The van der Waals surface area contributed by atoms with Gasteiger partial charge in [0.15, 0.2) is 0 Å². The van der Waals surface area contributed by atoms with E-state index in [0.717, 1.165) is 17.2 Å². The van der Waals surface area contributed by atoms with Gasteiger partial charge in [0.2, 0.25) is 5.95 Å². The number of hydrogen-bond donors (Lipinski definition) is 2. The molecular weight excluding hydrogens is 319 g/mol. The van der Waals surface area contributed by atoms with Crippen LogP contribution >= 0.6 is 23.2 Å². The van der Waals surface area contributed by atoms with Crippen LogP contribution < -0.4 is 10.6 Å². The smallest absolute Gasteiger partial charge is 0.225 e. The Bertz CT molecular complexity index is 711. The van der Waals surface area contributed by atoms with Crippen molar-refractivity contribution in [3.63, 3.8) is 0 Å². The maximum Gasteiger partial charge on any atom is 0.225 e. The summed E-state index contributed by atoms with van der Waals surface area (Å²) in [5.41, 5.74) is 1.85. The third kappa shape index (κ3) is 3.13. The first kappa shape index (κ1) is 14.1. The van der Waals surface area contributed by atoms with E-state index in [1.54, 1.807) is 6.07 Å². The Balaban J connectivity index is 1.64. The number of halogens is 2. The first-order valence-electron chi connectivity index (χ1n) is 7.55. The molecule has 6 heteroatoms. The van der Waals surface area contributed by atoms with Crippen molar-refractivity contribution in [3.8, 4) is 0 Å². The van der Waals surface area contributed by atoms with Crippen LogP contribution in [0.15, 0.2) is 24.3 Å². The maximum absolute atomic E-state index is 6.24. The fraction of sp³-hybridized carbons (Fsp3) is 0.375. The van der Waals surface area contributed by atoms with Crippen molar-refractivity contribution in [2.75, 3.05) is 10.6 Å². The van der Waals surface area contributed by atoms with Crippen LogP contribution in [0.25, 0.3) is 0 Å². The van der Waals surface area contributed by atoms with E-state index >= 15 is 0 Å². The molecule has 0 radical (unpaired) electrons. The number of anilines is 3. The molecule has 0 atom stereocenters. The van der Waals surface area contributed by atoms with Gasteiger partial charge in [-0.1, -0.05) is 29.3 Å². The molecule has 22 heavy (non-hydrogen) atoms. The van der Waals surface area contributed by atoms with E-state index in [0.29, 0.717) is 28.0 Å². The lowest BCUT2D eigenvalue weighted by molar-refractivity contribution is 0.968. The Morgan fingerprint density at radius 2 is 1.86 bits per heavy atom. The topological polar surface area (TPSA) is 49.8 Å². The zero-order valence-electron chi connectivity index (χ0n) is 11.9. The van der Waals surface area contributed by atoms with Crippen LogP contribution in [0, 0.1) is 0 Å². The van der Waals surface area contributed by atoms with Gasteiger partial charge in [-0.25, -0.2) is 4.98 Å². The van der Waals surface area contributed by atoms with Crippen molar-refractivity contribution >= 4 is 40.7 Å². The summed E-state index contributed by atoms with van der Waals surface area (Å²) in [5.74, 6) is 2.02. The molecule has 1 heterocycles. The predicted molar refractivity (Wildman–Crippen MR) is 90.4 cm³/mol. The lowest BCUT2D eigenvalue weighted by Crippen LogP contribution is -2.08. The van der Waals surface area contributed by atoms with Gasteiger partial charge in [0.05, 0.1) is 21.4 Å². The Morgan fingerprint density at radius 3 is 2.59 bits per heavy atom. The quantitative estimate of drug-likeness (QED) is 0.809. The van der Waals surface area contributed by atoms with Crippen molar-refractivity contribution in [3.05, 3.63) is 40.0 Å². The molecule has 114 valence electrons. The third-order valence-electron chi connectivity index (χ3n) is 3.87. The van der Waals surface area contributed by atoms with Crippen LogP contribution in [0.4, 0.5) is 17.5 Å². The SMILES string of the molecule is Clc1cccc(Nc2cc(C3CC3)nc(NC3CC3)n2)c1Cl. The molecule has 4 nitrogen and oxygen atoms in total. The molecule has 0 saturated heterocycles. The minimum absolute atomic E-state index is 0.507. The van der Waals surface area contributed by atoms with Crippen molar-refractivity contribution in [1.82, 2.24) is 9.97 Å². The fourth-order valence-electron chi connectivity index (χ4n) is 2.33. The van der Waals surface area contributed by atoms with Crippen molar-refractivity contribution in [2.24, 2.45) is 0 Å². The summed E-state index contributed by atoms with van der Waals surface area (Å²) in [6.07, 6.45) is 4.80. The number of nitrogens with one attached hydrogen (secondary N) is 2. The highest BCUT2D eigenvalue weighted by atomic mass is 35.5. The number of hydrogen-bond acceptors (Lipinski definition) is 4. The molecule has 1 aromatic heterocycles. The van der Waals surface area contributed by atoms with Gasteiger partial charge >= 0.3 is 0 Å². The zero-order valence-corrected chi connectivity index (χ0v) is 13.5. The monoisotopic (exact) mass is 334 g/mol. The van der Waals surface area contributed by atoms with E-state index in [1.807, 2.05) is 18.2 Å². The first-order valence-corrected chi connectivity index (χ1v) is 8.31. The van der Waals surface area contributed by atoms with Gasteiger partial charge in [-0.05, 0) is 37.8 Å². The molecule has 2 fully saturated rings. The highest BCUT2D eigenvalue weighted by Crippen LogP contribution is 2.40. The van der Waals surface area contributed by atoms with E-state index in [2.05, 4.69) is 20.6 Å². The predicted octanol–water partition coefficient (Wildman–Crippen LogP) is 4.98. The van der Waals surface area contributed by atoms with Gasteiger partial charge in [0, 0.05) is 18.0 Å². The minimum Gasteiger partial charge on any atom is -0.351 e. The Labute approximate surface area is 139 Å². The van der Waals surface area contributed by atoms with E-state index in [1.165, 1.54) is 25.7 Å². The second-order valence-electron chi connectivity index (χ2n) is 5.92. The molecule has 4 rings (SSSR count). The third-order valence-corrected chi connectivity index (χ3v) is 4.69. The lowest BCUT2D eigenvalue weighted by Gasteiger charge is -2.12. The molecule has 0 unspecified atom stereocenters. The van der Waals surface area contributed by atoms with Gasteiger partial charge in [-0.15, -0.1) is 0 Å². The molecule has 2 aliphatic carbocycles. The van der Waals surface area contributed by atoms with Crippen LogP contribution in [-0.4, -0.2) is 16.0 Å². The first-order chi connectivity index (χ1) is 10.7. The normalized spacial score (nSPS) is 17.4. The molecule has 2 saturated carbocycles. The van der Waals surface area contributed by atoms with E-state index in [4.69, 9.17) is 23.2 Å². The number of nitrogens with zero attached hydrogens (tertiary/aromatic N) is 2. The molecule has 2 aliphatic rings. The van der Waals surface area contributed by atoms with Gasteiger partial charge in [-0.2, -0.15) is 4.98 Å². The van der Waals surface area contributed by atoms with Gasteiger partial charge < -0.3 is 10.6 Å². The number of benzene rings is 1. The van der Waals surface area contributed by atoms with Crippen molar-refractivity contribution in [2.45, 2.75) is 37.6 Å². The zero-order chi connectivity index (χ0) is 15.1. The molecule has 0 amide bonds. The summed E-state index contributed by atoms with van der Waals surface area (Å²) >= 11 is 12.3. The standard InChI is InChI=1S/C16H16Cl2N4/c17-11-2-1-3-12(15(11)18)20-14-8-13(9-4-5-9)21-16(22-14)19-10-6-7-10/h1-3,8-10H,4-7H2,(H2,19,20,21,22). The average molecular weight is 335 g/mol. The Kier molecular flexibility index (Phi) is 3.59. The van der Waals surface area contributed by atoms with Crippen LogP contribution in [0.1, 0.15) is 37.3 Å². The molecule has 0 bridgehead atoms. The van der Waals surface area contributed by atoms with Crippen LogP contribution in [0.2, 0.25) is 10.0 Å². The van der Waals surface area contributed by atoms with Gasteiger partial charge in [0.1, 0.15) is 5.82 Å². The summed E-state index contributed by atoms with van der Waals surface area (Å²) < 4.78 is 0. The fourth-order valence-corrected chi connectivity index (χ4v) is 2.68. The number of rotatable bonds is 5. The molecule has 2 aromatic rings. The molecular formula is C16H16Cl2N4. The lowest BCUT2D eigenvalue weighted by atomic mass is 10.2. The average Bonchev–Trinajstić information content (AvgIpc) is 3.36. The van der Waals surface area contributed by atoms with E-state index in [9.17, 15) is 0 Å². The number of aromatic nitrogens is 2. The van der Waals surface area contributed by atoms with E-state index < -0.39 is 0 Å². The minimum atomic E-state index is 0.507. The van der Waals surface area contributed by atoms with Gasteiger partial charge in [0.25, 0.3) is 0 Å². The molecule has 0 spiro atoms. The van der Waals surface area contributed by atoms with Crippen LogP contribution in [-0.2, 0) is 0 Å². The summed E-state index contributed by atoms with van der Waals surface area (Å²) in [6.45, 7) is 0. The van der Waals surface area contributed by atoms with Crippen LogP contribution in [0.3, 0.4) is 0 Å². The Morgan fingerprint density at radius 1 is 1.05 bits per heavy atom. The second-order valence-corrected chi connectivity index (χ2v) is 6.71.